The summed E-state index contributed by atoms with van der Waals surface area (Å²) in [5, 5.41) is 44.7. The highest BCUT2D eigenvalue weighted by atomic mass is 35.5. The quantitative estimate of drug-likeness (QED) is 0.221. The van der Waals surface area contributed by atoms with Gasteiger partial charge in [-0.3, -0.25) is 14.4 Å². The number of aliphatic carboxylic acids is 3. The van der Waals surface area contributed by atoms with E-state index in [2.05, 4.69) is 4.90 Å². The van der Waals surface area contributed by atoms with Gasteiger partial charge < -0.3 is 44.3 Å². The Bertz CT molecular complexity index is 1550. The van der Waals surface area contributed by atoms with Crippen LogP contribution < -0.4 is 14.9 Å². The van der Waals surface area contributed by atoms with E-state index in [4.69, 9.17) is 45.9 Å². The Hall–Kier alpha value is -4.17. The van der Waals surface area contributed by atoms with Crippen molar-refractivity contribution in [2.45, 2.75) is 36.8 Å². The number of carbonyl (C=O) groups is 3. The van der Waals surface area contributed by atoms with Gasteiger partial charge in [-0.15, -0.1) is 0 Å². The number of hydrogen-bond donors (Lipinski definition) is 5. The lowest BCUT2D eigenvalue weighted by atomic mass is 9.89. The first-order valence-electron chi connectivity index (χ1n) is 13.0. The molecule has 14 heteroatoms. The highest BCUT2D eigenvalue weighted by Gasteiger charge is 2.41. The summed E-state index contributed by atoms with van der Waals surface area (Å²) >= 11 is 6.36. The van der Waals surface area contributed by atoms with Gasteiger partial charge in [0.15, 0.2) is 11.0 Å². The van der Waals surface area contributed by atoms with E-state index in [0.29, 0.717) is 38.8 Å². The van der Waals surface area contributed by atoms with Crippen molar-refractivity contribution in [1.82, 2.24) is 4.90 Å². The van der Waals surface area contributed by atoms with E-state index in [1.807, 2.05) is 25.2 Å². The predicted molar refractivity (Wildman–Crippen MR) is 154 cm³/mol. The van der Waals surface area contributed by atoms with Crippen LogP contribution >= 0.6 is 11.6 Å². The molecule has 0 saturated carbocycles. The molecule has 1 aliphatic rings. The maximum Gasteiger partial charge on any atom is 0.336 e. The number of carboxylic acid groups (broad SMARTS) is 3. The second-order valence-electron chi connectivity index (χ2n) is 9.96. The number of methoxy groups -OCH3 is 2. The molecule has 0 bridgehead atoms. The first-order chi connectivity index (χ1) is 20.3. The summed E-state index contributed by atoms with van der Waals surface area (Å²) in [5.41, 5.74) is -1.15. The van der Waals surface area contributed by atoms with Crippen LogP contribution in [0.5, 0.6) is 11.5 Å². The third-order valence-corrected chi connectivity index (χ3v) is 7.54. The fourth-order valence-corrected chi connectivity index (χ4v) is 5.33. The van der Waals surface area contributed by atoms with Crippen LogP contribution in [0.3, 0.4) is 0 Å². The van der Waals surface area contributed by atoms with E-state index in [9.17, 15) is 24.3 Å². The molecule has 232 valence electrons. The molecule has 2 heterocycles. The Labute approximate surface area is 250 Å². The summed E-state index contributed by atoms with van der Waals surface area (Å²) in [6, 6.07) is 10.3. The summed E-state index contributed by atoms with van der Waals surface area (Å²) in [6.45, 7) is 0.813. The van der Waals surface area contributed by atoms with E-state index in [0.717, 1.165) is 18.5 Å². The molecule has 0 radical (unpaired) electrons. The van der Waals surface area contributed by atoms with Gasteiger partial charge in [-0.1, -0.05) is 23.7 Å². The molecule has 0 amide bonds. The Morgan fingerprint density at radius 3 is 2.16 bits per heavy atom. The summed E-state index contributed by atoms with van der Waals surface area (Å²) in [5.74, 6) is -3.75. The van der Waals surface area contributed by atoms with Gasteiger partial charge in [-0.25, -0.2) is 4.79 Å². The Kier molecular flexibility index (Phi) is 10.8. The van der Waals surface area contributed by atoms with Gasteiger partial charge in [0.05, 0.1) is 38.7 Å². The molecule has 1 aliphatic heterocycles. The molecule has 0 unspecified atom stereocenters. The summed E-state index contributed by atoms with van der Waals surface area (Å²) < 4.78 is 17.5. The number of fused-ring (bicyclic) bond motifs is 1. The molecular weight excluding hydrogens is 590 g/mol. The molecule has 13 nitrogen and oxygen atoms in total. The minimum absolute atomic E-state index is 0.00766. The highest BCUT2D eigenvalue weighted by molar-refractivity contribution is 6.33. The van der Waals surface area contributed by atoms with Gasteiger partial charge in [0, 0.05) is 35.2 Å². The maximum atomic E-state index is 13.2. The highest BCUT2D eigenvalue weighted by Crippen LogP contribution is 2.45. The zero-order valence-electron chi connectivity index (χ0n) is 23.6. The zero-order chi connectivity index (χ0) is 32.1. The number of benzene rings is 2. The first kappa shape index (κ1) is 33.3. The van der Waals surface area contributed by atoms with Crippen LogP contribution in [0.2, 0.25) is 5.02 Å². The molecule has 1 saturated heterocycles. The standard InChI is InChI=1S/C23H24ClNO5.C6H8O7/c1-25-9-8-14(16(25)12-26)21-19(28-2)11-20(29-3)22-17(27)10-18(30-23(21)22)13-6-4-5-7-15(13)24;7-3(8)1-6(13,5(11)12)2-4(9)10/h4-7,10-11,14,16,26H,8-9,12H2,1-3H3;13H,1-2H2,(H,7,8)(H,9,10)(H,11,12)/t14-,16+;/m0./s1. The summed E-state index contributed by atoms with van der Waals surface area (Å²) in [7, 11) is 5.06. The molecule has 2 atom stereocenters. The zero-order valence-corrected chi connectivity index (χ0v) is 24.3. The van der Waals surface area contributed by atoms with Crippen molar-refractivity contribution in [3.8, 4) is 22.8 Å². The fraction of sp³-hybridized carbons (Fsp3) is 0.379. The van der Waals surface area contributed by atoms with Crippen molar-refractivity contribution in [1.29, 1.82) is 0 Å². The summed E-state index contributed by atoms with van der Waals surface area (Å²) in [4.78, 5) is 45.8. The molecule has 3 aromatic rings. The number of aliphatic hydroxyl groups excluding tert-OH is 1. The van der Waals surface area contributed by atoms with Gasteiger partial charge in [0.25, 0.3) is 0 Å². The SMILES string of the molecule is COc1cc(OC)c2c(=O)cc(-c3ccccc3Cl)oc2c1[C@H]1CCN(C)[C@@H]1CO.O=C(O)CC(O)(CC(=O)O)C(=O)O. The van der Waals surface area contributed by atoms with Crippen molar-refractivity contribution in [2.75, 3.05) is 34.4 Å². The second kappa shape index (κ2) is 13.9. The van der Waals surface area contributed by atoms with Crippen LogP contribution in [0.15, 0.2) is 45.6 Å². The molecular formula is C29H32ClNO12. The van der Waals surface area contributed by atoms with Gasteiger partial charge in [0.2, 0.25) is 0 Å². The molecule has 2 aromatic carbocycles. The monoisotopic (exact) mass is 621 g/mol. The third-order valence-electron chi connectivity index (χ3n) is 7.21. The fourth-order valence-electron chi connectivity index (χ4n) is 5.10. The Morgan fingerprint density at radius 1 is 1.05 bits per heavy atom. The number of aliphatic hydroxyl groups is 2. The molecule has 5 N–H and O–H groups in total. The van der Waals surface area contributed by atoms with Gasteiger partial charge in [-0.05, 0) is 32.1 Å². The number of hydrogen-bond acceptors (Lipinski definition) is 10. The number of likely N-dealkylation sites (N-methyl/N-ethyl adjacent to an activating group) is 1. The van der Waals surface area contributed by atoms with Crippen molar-refractivity contribution in [2.24, 2.45) is 0 Å². The normalized spacial score (nSPS) is 16.8. The topological polar surface area (TPSA) is 204 Å². The molecule has 1 aromatic heterocycles. The van der Waals surface area contributed by atoms with E-state index in [-0.39, 0.29) is 24.0 Å². The van der Waals surface area contributed by atoms with Crippen molar-refractivity contribution in [3.63, 3.8) is 0 Å². The average molecular weight is 622 g/mol. The Morgan fingerprint density at radius 2 is 1.65 bits per heavy atom. The minimum Gasteiger partial charge on any atom is -0.496 e. The van der Waals surface area contributed by atoms with Gasteiger partial charge >= 0.3 is 17.9 Å². The molecule has 1 fully saturated rings. The number of likely N-dealkylation sites (tertiary alicyclic amines) is 1. The van der Waals surface area contributed by atoms with Gasteiger partial charge in [0.1, 0.15) is 28.2 Å². The van der Waals surface area contributed by atoms with Gasteiger partial charge in [-0.2, -0.15) is 0 Å². The molecule has 43 heavy (non-hydrogen) atoms. The molecule has 0 aliphatic carbocycles. The lowest BCUT2D eigenvalue weighted by molar-refractivity contribution is -0.170. The van der Waals surface area contributed by atoms with Crippen molar-refractivity contribution < 1.29 is 53.8 Å². The molecule has 0 spiro atoms. The number of carboxylic acids is 3. The average Bonchev–Trinajstić information content (AvgIpc) is 3.31. The third kappa shape index (κ3) is 7.25. The predicted octanol–water partition coefficient (Wildman–Crippen LogP) is 2.66. The molecule has 4 rings (SSSR count). The second-order valence-corrected chi connectivity index (χ2v) is 10.4. The van der Waals surface area contributed by atoms with Crippen LogP contribution in [-0.4, -0.2) is 94.4 Å². The maximum absolute atomic E-state index is 13.2. The first-order valence-corrected chi connectivity index (χ1v) is 13.3. The Balaban J connectivity index is 0.000000331. The van der Waals surface area contributed by atoms with Crippen molar-refractivity contribution >= 4 is 40.5 Å². The van der Waals surface area contributed by atoms with E-state index < -0.39 is 36.4 Å². The minimum atomic E-state index is -2.74. The van der Waals surface area contributed by atoms with Crippen LogP contribution in [0, 0.1) is 0 Å². The van der Waals surface area contributed by atoms with E-state index >= 15 is 0 Å². The summed E-state index contributed by atoms with van der Waals surface area (Å²) in [6.07, 6.45) is -1.48. The van der Waals surface area contributed by atoms with Crippen LogP contribution in [0.1, 0.15) is 30.7 Å². The lowest BCUT2D eigenvalue weighted by Crippen LogP contribution is -2.42. The van der Waals surface area contributed by atoms with Crippen LogP contribution in [-0.2, 0) is 14.4 Å². The van der Waals surface area contributed by atoms with E-state index in [1.54, 1.807) is 19.2 Å². The number of nitrogens with zero attached hydrogens (tertiary/aromatic N) is 1. The number of ether oxygens (including phenoxy) is 2. The lowest BCUT2D eigenvalue weighted by Gasteiger charge is -2.25. The van der Waals surface area contributed by atoms with Crippen LogP contribution in [0.4, 0.5) is 0 Å². The number of rotatable bonds is 10. The largest absolute Gasteiger partial charge is 0.496 e. The van der Waals surface area contributed by atoms with Crippen LogP contribution in [0.25, 0.3) is 22.3 Å². The van der Waals surface area contributed by atoms with Crippen molar-refractivity contribution in [3.05, 3.63) is 57.2 Å². The number of halogens is 1. The van der Waals surface area contributed by atoms with E-state index in [1.165, 1.54) is 13.2 Å². The smallest absolute Gasteiger partial charge is 0.336 e.